The molecule has 4 heterocycles. The number of urea groups is 1. The number of anilines is 1. The number of amides is 4. The number of imide groups is 1. The number of nitrogen functional groups attached to an aromatic ring is 1. The van der Waals surface area contributed by atoms with Crippen molar-refractivity contribution in [2.24, 2.45) is 11.8 Å². The molecule has 10 heteroatoms. The Labute approximate surface area is 215 Å². The fourth-order valence-corrected chi connectivity index (χ4v) is 6.01. The van der Waals surface area contributed by atoms with Gasteiger partial charge in [0.15, 0.2) is 0 Å². The van der Waals surface area contributed by atoms with E-state index in [1.807, 2.05) is 17.0 Å². The Hall–Kier alpha value is -3.17. The van der Waals surface area contributed by atoms with Gasteiger partial charge in [0.2, 0.25) is 5.91 Å². The molecule has 3 aliphatic heterocycles. The Morgan fingerprint density at radius 1 is 1.06 bits per heavy atom. The second kappa shape index (κ2) is 10.1. The van der Waals surface area contributed by atoms with E-state index in [1.165, 1.54) is 0 Å². The van der Waals surface area contributed by atoms with E-state index in [2.05, 4.69) is 20.5 Å². The molecule has 1 aromatic heterocycles. The van der Waals surface area contributed by atoms with E-state index in [0.29, 0.717) is 42.3 Å². The smallest absolute Gasteiger partial charge is 0.322 e. The van der Waals surface area contributed by atoms with E-state index in [1.54, 1.807) is 30.5 Å². The molecule has 0 aliphatic carbocycles. The van der Waals surface area contributed by atoms with E-state index in [-0.39, 0.29) is 23.7 Å². The van der Waals surface area contributed by atoms with Gasteiger partial charge in [-0.1, -0.05) is 23.7 Å². The molecular formula is C26H31ClN6O3. The molecule has 9 nitrogen and oxygen atoms in total. The highest BCUT2D eigenvalue weighted by molar-refractivity contribution is 6.30. The molecule has 4 N–H and O–H groups in total. The van der Waals surface area contributed by atoms with Crippen LogP contribution < -0.4 is 16.4 Å². The monoisotopic (exact) mass is 510 g/mol. The summed E-state index contributed by atoms with van der Waals surface area (Å²) >= 11 is 6.06. The van der Waals surface area contributed by atoms with Gasteiger partial charge < -0.3 is 16.0 Å². The lowest BCUT2D eigenvalue weighted by Gasteiger charge is -2.42. The van der Waals surface area contributed by atoms with Gasteiger partial charge in [0.05, 0.1) is 0 Å². The number of nitrogens with two attached hydrogens (primary N) is 1. The van der Waals surface area contributed by atoms with Crippen molar-refractivity contribution < 1.29 is 14.4 Å². The first kappa shape index (κ1) is 24.5. The molecule has 0 bridgehead atoms. The van der Waals surface area contributed by atoms with Crippen molar-refractivity contribution in [1.29, 1.82) is 0 Å². The molecule has 3 fully saturated rings. The summed E-state index contributed by atoms with van der Waals surface area (Å²) in [5, 5.41) is 5.87. The second-order valence-electron chi connectivity index (χ2n) is 9.96. The Morgan fingerprint density at radius 2 is 1.75 bits per heavy atom. The van der Waals surface area contributed by atoms with Crippen LogP contribution in [0.2, 0.25) is 5.02 Å². The fraction of sp³-hybridized carbons (Fsp3) is 0.462. The summed E-state index contributed by atoms with van der Waals surface area (Å²) in [6, 6.07) is 10.4. The highest BCUT2D eigenvalue weighted by Crippen LogP contribution is 2.40. The second-order valence-corrected chi connectivity index (χ2v) is 10.4. The zero-order chi connectivity index (χ0) is 25.3. The zero-order valence-electron chi connectivity index (χ0n) is 20.1. The Morgan fingerprint density at radius 3 is 2.36 bits per heavy atom. The number of benzene rings is 1. The maximum absolute atomic E-state index is 13.3. The number of hydrogen-bond acceptors (Lipinski definition) is 6. The van der Waals surface area contributed by atoms with Gasteiger partial charge in [-0.05, 0) is 80.1 Å². The highest BCUT2D eigenvalue weighted by Gasteiger charge is 2.53. The largest absolute Gasteiger partial charge is 0.384 e. The normalized spacial score (nSPS) is 24.0. The van der Waals surface area contributed by atoms with E-state index in [0.717, 1.165) is 38.0 Å². The topological polar surface area (TPSA) is 121 Å². The Kier molecular flexibility index (Phi) is 6.85. The van der Waals surface area contributed by atoms with Gasteiger partial charge in [-0.15, -0.1) is 0 Å². The number of nitrogens with one attached hydrogen (secondary N) is 2. The van der Waals surface area contributed by atoms with Gasteiger partial charge >= 0.3 is 6.03 Å². The van der Waals surface area contributed by atoms with Gasteiger partial charge in [0.25, 0.3) is 5.91 Å². The molecule has 1 atom stereocenters. The third-order valence-electron chi connectivity index (χ3n) is 7.80. The summed E-state index contributed by atoms with van der Waals surface area (Å²) in [5.74, 6) is 0.266. The van der Waals surface area contributed by atoms with Gasteiger partial charge in [0, 0.05) is 36.8 Å². The quantitative estimate of drug-likeness (QED) is 0.531. The molecule has 3 saturated heterocycles. The lowest BCUT2D eigenvalue weighted by atomic mass is 9.73. The molecule has 2 aromatic rings. The van der Waals surface area contributed by atoms with Gasteiger partial charge in [-0.25, -0.2) is 9.78 Å². The minimum Gasteiger partial charge on any atom is -0.384 e. The molecule has 4 amide bonds. The first-order valence-electron chi connectivity index (χ1n) is 12.5. The van der Waals surface area contributed by atoms with Crippen molar-refractivity contribution in [2.45, 2.75) is 37.8 Å². The molecule has 1 aromatic carbocycles. The molecule has 190 valence electrons. The van der Waals surface area contributed by atoms with Crippen LogP contribution in [0.15, 0.2) is 42.6 Å². The maximum Gasteiger partial charge on any atom is 0.322 e. The molecule has 0 saturated carbocycles. The van der Waals surface area contributed by atoms with Crippen molar-refractivity contribution in [1.82, 2.24) is 25.4 Å². The Balaban J connectivity index is 1.19. The summed E-state index contributed by atoms with van der Waals surface area (Å²) in [6.07, 6.45) is 4.63. The zero-order valence-corrected chi connectivity index (χ0v) is 20.8. The van der Waals surface area contributed by atoms with Crippen LogP contribution in [0.5, 0.6) is 0 Å². The summed E-state index contributed by atoms with van der Waals surface area (Å²) in [4.78, 5) is 46.8. The minimum atomic E-state index is -1.14. The number of pyridine rings is 1. The molecule has 5 rings (SSSR count). The van der Waals surface area contributed by atoms with E-state index in [9.17, 15) is 14.4 Å². The van der Waals surface area contributed by atoms with Crippen molar-refractivity contribution >= 4 is 35.3 Å². The van der Waals surface area contributed by atoms with Crippen LogP contribution in [0.25, 0.3) is 0 Å². The highest BCUT2D eigenvalue weighted by atomic mass is 35.5. The van der Waals surface area contributed by atoms with Crippen LogP contribution in [0.3, 0.4) is 0 Å². The lowest BCUT2D eigenvalue weighted by molar-refractivity contribution is -0.139. The van der Waals surface area contributed by atoms with Crippen molar-refractivity contribution in [3.63, 3.8) is 0 Å². The molecule has 3 aliphatic rings. The summed E-state index contributed by atoms with van der Waals surface area (Å²) in [5.41, 5.74) is 6.49. The number of likely N-dealkylation sites (tertiary alicyclic amines) is 2. The number of piperidine rings is 2. The number of carbonyl (C=O) groups is 3. The van der Waals surface area contributed by atoms with E-state index >= 15 is 0 Å². The maximum atomic E-state index is 13.3. The van der Waals surface area contributed by atoms with Crippen LogP contribution in [-0.2, 0) is 21.7 Å². The number of hydrogen-bond donors (Lipinski definition) is 3. The van der Waals surface area contributed by atoms with Gasteiger partial charge in [-0.3, -0.25) is 19.8 Å². The average Bonchev–Trinajstić information content (AvgIpc) is 3.19. The van der Waals surface area contributed by atoms with Crippen LogP contribution in [0.4, 0.5) is 10.6 Å². The fourth-order valence-electron chi connectivity index (χ4n) is 5.89. The number of carbonyl (C=O) groups excluding carboxylic acids is 3. The predicted molar refractivity (Wildman–Crippen MR) is 136 cm³/mol. The SMILES string of the molecule is Nc1cc(CN2CCC(C(=O)N3CCC(C4(c5ccc(Cl)cc5)NC(=O)NC4=O)CC3)CC2)ccn1. The number of halogens is 1. The summed E-state index contributed by atoms with van der Waals surface area (Å²) in [7, 11) is 0. The molecule has 0 spiro atoms. The third kappa shape index (κ3) is 4.77. The van der Waals surface area contributed by atoms with Crippen molar-refractivity contribution in [2.75, 3.05) is 31.9 Å². The summed E-state index contributed by atoms with van der Waals surface area (Å²) < 4.78 is 0. The van der Waals surface area contributed by atoms with Crippen LogP contribution in [-0.4, -0.2) is 58.8 Å². The first-order chi connectivity index (χ1) is 17.3. The minimum absolute atomic E-state index is 0.0139. The number of aromatic nitrogens is 1. The van der Waals surface area contributed by atoms with Crippen LogP contribution in [0, 0.1) is 11.8 Å². The van der Waals surface area contributed by atoms with Crippen molar-refractivity contribution in [3.05, 3.63) is 58.7 Å². The average molecular weight is 511 g/mol. The molecule has 1 unspecified atom stereocenters. The molecule has 36 heavy (non-hydrogen) atoms. The van der Waals surface area contributed by atoms with E-state index < -0.39 is 11.6 Å². The van der Waals surface area contributed by atoms with Gasteiger partial charge in [-0.2, -0.15) is 0 Å². The number of nitrogens with zero attached hydrogens (tertiary/aromatic N) is 3. The van der Waals surface area contributed by atoms with Crippen LogP contribution >= 0.6 is 11.6 Å². The lowest BCUT2D eigenvalue weighted by Crippen LogP contribution is -2.54. The van der Waals surface area contributed by atoms with Gasteiger partial charge in [0.1, 0.15) is 11.4 Å². The Bertz CT molecular complexity index is 1140. The number of rotatable bonds is 5. The first-order valence-corrected chi connectivity index (χ1v) is 12.8. The molecular weight excluding hydrogens is 480 g/mol. The van der Waals surface area contributed by atoms with Crippen molar-refractivity contribution in [3.8, 4) is 0 Å². The summed E-state index contributed by atoms with van der Waals surface area (Å²) in [6.45, 7) is 3.67. The standard InChI is InChI=1S/C26H31ClN6O3/c27-21-3-1-19(2-4-21)26(24(35)30-25(36)31-26)20-8-13-33(14-9-20)23(34)18-6-11-32(12-7-18)16-17-5-10-29-22(28)15-17/h1-5,10,15,18,20H,6-9,11-14,16H2,(H2,28,29)(H2,30,31,35,36). The van der Waals surface area contributed by atoms with E-state index in [4.69, 9.17) is 17.3 Å². The predicted octanol–water partition coefficient (Wildman–Crippen LogP) is 2.50. The third-order valence-corrected chi connectivity index (χ3v) is 8.05. The van der Waals surface area contributed by atoms with Crippen LogP contribution in [0.1, 0.15) is 36.8 Å². The molecule has 0 radical (unpaired) electrons.